The Kier molecular flexibility index (Phi) is 7.50. The minimum absolute atomic E-state index is 0.847. The van der Waals surface area contributed by atoms with Crippen molar-refractivity contribution in [3.63, 3.8) is 0 Å². The van der Waals surface area contributed by atoms with Crippen molar-refractivity contribution in [3.8, 4) is 56.0 Å². The van der Waals surface area contributed by atoms with Gasteiger partial charge in [0.25, 0.3) is 0 Å². The highest BCUT2D eigenvalue weighted by Gasteiger charge is 2.22. The van der Waals surface area contributed by atoms with Crippen LogP contribution in [0.1, 0.15) is 0 Å². The number of hydrogen-bond donors (Lipinski definition) is 0. The zero-order valence-corrected chi connectivity index (χ0v) is 31.8. The minimum atomic E-state index is 0.847. The van der Waals surface area contributed by atoms with Gasteiger partial charge in [-0.15, -0.1) is 0 Å². The van der Waals surface area contributed by atoms with E-state index in [4.69, 9.17) is 19.4 Å². The second kappa shape index (κ2) is 13.3. The molecule has 4 heteroatoms. The first-order valence-corrected chi connectivity index (χ1v) is 19.9. The molecule has 0 N–H and O–H groups in total. The quantitative estimate of drug-likeness (QED) is 0.164. The van der Waals surface area contributed by atoms with Crippen LogP contribution in [0.5, 0.6) is 0 Å². The number of hydrogen-bond acceptors (Lipinski definition) is 4. The second-order valence-electron chi connectivity index (χ2n) is 15.1. The standard InChI is InChI=1S/C55H33N3O/c1-3-12-35(13-4-1)45-30-28-38-26-27-39-29-31-46(57-55(39)54(38)56-45)36-24-22-34(23-25-36)40-16-11-17-41(32-40)50-51-42-18-7-9-20-47(42)58-53(37-14-5-2-6-15-37)44(51)33-49-52(50)43-19-8-10-21-48(43)59-49/h1-33H. The Morgan fingerprint density at radius 1 is 0.322 bits per heavy atom. The van der Waals surface area contributed by atoms with Crippen molar-refractivity contribution in [2.24, 2.45) is 0 Å². The van der Waals surface area contributed by atoms with E-state index in [1.54, 1.807) is 0 Å². The molecule has 4 nitrogen and oxygen atoms in total. The average Bonchev–Trinajstić information content (AvgIpc) is 3.69. The highest BCUT2D eigenvalue weighted by molar-refractivity contribution is 6.27. The fraction of sp³-hybridized carbons (Fsp3) is 0. The predicted molar refractivity (Wildman–Crippen MR) is 244 cm³/mol. The van der Waals surface area contributed by atoms with Crippen molar-refractivity contribution in [2.75, 3.05) is 0 Å². The third-order valence-electron chi connectivity index (χ3n) is 11.6. The van der Waals surface area contributed by atoms with Gasteiger partial charge in [-0.05, 0) is 53.1 Å². The van der Waals surface area contributed by atoms with Gasteiger partial charge in [0.15, 0.2) is 0 Å². The monoisotopic (exact) mass is 751 g/mol. The van der Waals surface area contributed by atoms with Crippen LogP contribution in [0.15, 0.2) is 205 Å². The lowest BCUT2D eigenvalue weighted by Crippen LogP contribution is -1.93. The summed E-state index contributed by atoms with van der Waals surface area (Å²) in [6.45, 7) is 0. The topological polar surface area (TPSA) is 51.8 Å². The molecule has 0 radical (unpaired) electrons. The van der Waals surface area contributed by atoms with Crippen LogP contribution in [0.25, 0.3) is 121 Å². The zero-order valence-electron chi connectivity index (χ0n) is 31.8. The SMILES string of the molecule is c1ccc(-c2ccc3ccc4ccc(-c5ccc(-c6cccc(-c7c8c(cc9c(-c%10ccccc%10)nc%10ccccc%10c79)oc7ccccc78)c6)cc5)nc4c3n2)cc1. The van der Waals surface area contributed by atoms with Gasteiger partial charge >= 0.3 is 0 Å². The lowest BCUT2D eigenvalue weighted by Gasteiger charge is -2.16. The molecule has 0 aliphatic heterocycles. The third kappa shape index (κ3) is 5.49. The van der Waals surface area contributed by atoms with E-state index in [1.807, 2.05) is 30.3 Å². The number of furan rings is 1. The molecular weight excluding hydrogens is 719 g/mol. The van der Waals surface area contributed by atoms with Crippen molar-refractivity contribution < 1.29 is 4.42 Å². The van der Waals surface area contributed by atoms with E-state index in [-0.39, 0.29) is 0 Å². The summed E-state index contributed by atoms with van der Waals surface area (Å²) in [6, 6.07) is 70.2. The van der Waals surface area contributed by atoms with Gasteiger partial charge in [0, 0.05) is 60.0 Å². The second-order valence-corrected chi connectivity index (χ2v) is 15.1. The molecule has 0 saturated heterocycles. The maximum Gasteiger partial charge on any atom is 0.136 e. The molecule has 0 bridgehead atoms. The molecule has 0 aliphatic carbocycles. The van der Waals surface area contributed by atoms with Gasteiger partial charge < -0.3 is 4.42 Å². The summed E-state index contributed by atoms with van der Waals surface area (Å²) in [5.41, 5.74) is 15.0. The van der Waals surface area contributed by atoms with Crippen LogP contribution in [-0.2, 0) is 0 Å². The van der Waals surface area contributed by atoms with Gasteiger partial charge in [-0.25, -0.2) is 15.0 Å². The molecule has 12 rings (SSSR count). The summed E-state index contributed by atoms with van der Waals surface area (Å²) < 4.78 is 6.63. The number of nitrogens with zero attached hydrogens (tertiary/aromatic N) is 3. The van der Waals surface area contributed by atoms with Crippen molar-refractivity contribution in [3.05, 3.63) is 200 Å². The Labute approximate surface area is 339 Å². The summed E-state index contributed by atoms with van der Waals surface area (Å²) in [7, 11) is 0. The fourth-order valence-corrected chi connectivity index (χ4v) is 8.81. The van der Waals surface area contributed by atoms with Gasteiger partial charge in [0.2, 0.25) is 0 Å². The summed E-state index contributed by atoms with van der Waals surface area (Å²) in [5.74, 6) is 0. The van der Waals surface area contributed by atoms with Crippen LogP contribution in [0.3, 0.4) is 0 Å². The molecule has 4 heterocycles. The molecule has 8 aromatic carbocycles. The van der Waals surface area contributed by atoms with E-state index in [2.05, 4.69) is 170 Å². The van der Waals surface area contributed by atoms with Crippen LogP contribution < -0.4 is 0 Å². The number of pyridine rings is 3. The first-order valence-electron chi connectivity index (χ1n) is 19.9. The van der Waals surface area contributed by atoms with Gasteiger partial charge in [0.05, 0.1) is 33.6 Å². The van der Waals surface area contributed by atoms with E-state index in [1.165, 1.54) is 5.39 Å². The van der Waals surface area contributed by atoms with Crippen molar-refractivity contribution in [1.82, 2.24) is 15.0 Å². The predicted octanol–water partition coefficient (Wildman–Crippen LogP) is 14.7. The normalized spacial score (nSPS) is 11.7. The Balaban J connectivity index is 1.01. The molecular formula is C55H33N3O. The molecule has 12 aromatic rings. The summed E-state index contributed by atoms with van der Waals surface area (Å²) >= 11 is 0. The van der Waals surface area contributed by atoms with Gasteiger partial charge in [-0.3, -0.25) is 0 Å². The highest BCUT2D eigenvalue weighted by atomic mass is 16.3. The minimum Gasteiger partial charge on any atom is -0.456 e. The molecule has 59 heavy (non-hydrogen) atoms. The van der Waals surface area contributed by atoms with E-state index >= 15 is 0 Å². The zero-order chi connectivity index (χ0) is 38.9. The molecule has 0 atom stereocenters. The van der Waals surface area contributed by atoms with E-state index in [0.29, 0.717) is 0 Å². The maximum absolute atomic E-state index is 6.63. The Hall–Kier alpha value is -7.95. The molecule has 0 amide bonds. The smallest absolute Gasteiger partial charge is 0.136 e. The summed E-state index contributed by atoms with van der Waals surface area (Å²) in [4.78, 5) is 15.6. The highest BCUT2D eigenvalue weighted by Crippen LogP contribution is 2.47. The van der Waals surface area contributed by atoms with E-state index in [9.17, 15) is 0 Å². The van der Waals surface area contributed by atoms with Crippen LogP contribution in [0.4, 0.5) is 0 Å². The third-order valence-corrected chi connectivity index (χ3v) is 11.6. The van der Waals surface area contributed by atoms with Crippen molar-refractivity contribution in [2.45, 2.75) is 0 Å². The van der Waals surface area contributed by atoms with Crippen molar-refractivity contribution in [1.29, 1.82) is 0 Å². The van der Waals surface area contributed by atoms with Crippen LogP contribution in [0.2, 0.25) is 0 Å². The lowest BCUT2D eigenvalue weighted by atomic mass is 9.88. The number of fused-ring (bicyclic) bond motifs is 9. The van der Waals surface area contributed by atoms with E-state index < -0.39 is 0 Å². The Morgan fingerprint density at radius 2 is 0.881 bits per heavy atom. The Morgan fingerprint density at radius 3 is 1.61 bits per heavy atom. The molecule has 0 spiro atoms. The van der Waals surface area contributed by atoms with Crippen LogP contribution >= 0.6 is 0 Å². The average molecular weight is 752 g/mol. The summed E-state index contributed by atoms with van der Waals surface area (Å²) in [5, 5.41) is 7.69. The molecule has 274 valence electrons. The van der Waals surface area contributed by atoms with Crippen LogP contribution in [0, 0.1) is 0 Å². The number of rotatable bonds is 5. The maximum atomic E-state index is 6.63. The first-order chi connectivity index (χ1) is 29.2. The molecule has 0 saturated carbocycles. The molecule has 0 fully saturated rings. The first kappa shape index (κ1) is 33.2. The largest absolute Gasteiger partial charge is 0.456 e. The number of aromatic nitrogens is 3. The summed E-state index contributed by atoms with van der Waals surface area (Å²) in [6.07, 6.45) is 0. The number of benzene rings is 8. The van der Waals surface area contributed by atoms with Gasteiger partial charge in [-0.2, -0.15) is 0 Å². The van der Waals surface area contributed by atoms with Gasteiger partial charge in [-0.1, -0.05) is 164 Å². The number of para-hydroxylation sites is 2. The molecule has 4 aromatic heterocycles. The Bertz CT molecular complexity index is 3590. The van der Waals surface area contributed by atoms with Crippen LogP contribution in [-0.4, -0.2) is 15.0 Å². The fourth-order valence-electron chi connectivity index (χ4n) is 8.81. The van der Waals surface area contributed by atoms with Gasteiger partial charge in [0.1, 0.15) is 11.2 Å². The lowest BCUT2D eigenvalue weighted by molar-refractivity contribution is 0.669. The molecule has 0 aliphatic rings. The van der Waals surface area contributed by atoms with Crippen molar-refractivity contribution >= 4 is 65.4 Å². The van der Waals surface area contributed by atoms with E-state index in [0.717, 1.165) is 116 Å². The molecule has 0 unspecified atom stereocenters.